The third kappa shape index (κ3) is 6.53. The van der Waals surface area contributed by atoms with Crippen molar-refractivity contribution >= 4 is 47.5 Å². The monoisotopic (exact) mass is 733 g/mol. The lowest BCUT2D eigenvalue weighted by Crippen LogP contribution is -2.49. The van der Waals surface area contributed by atoms with Gasteiger partial charge in [-0.25, -0.2) is 18.6 Å². The largest absolute Gasteiger partial charge is 0.435 e. The summed E-state index contributed by atoms with van der Waals surface area (Å²) in [6.07, 6.45) is -4.32. The van der Waals surface area contributed by atoms with E-state index in [1.807, 2.05) is 0 Å². The number of amides is 4. The van der Waals surface area contributed by atoms with Crippen molar-refractivity contribution in [1.29, 1.82) is 0 Å². The number of β-amino-alcohol motifs (C(OH)–C–C–N with tert-alkyl or cyclic N) is 1. The van der Waals surface area contributed by atoms with E-state index in [1.54, 1.807) is 4.90 Å². The number of fused-ring (bicyclic) bond motifs is 1. The molecule has 4 fully saturated rings. The highest BCUT2D eigenvalue weighted by atomic mass is 35.5. The number of carbonyl (C=O) groups excluding carboxylic acids is 3. The number of hydrogen-bond donors (Lipinski definition) is 5. The van der Waals surface area contributed by atoms with E-state index in [4.69, 9.17) is 11.6 Å². The molecule has 6 atom stereocenters. The molecule has 264 valence electrons. The zero-order chi connectivity index (χ0) is 34.3. The second-order valence-corrected chi connectivity index (χ2v) is 12.9. The van der Waals surface area contributed by atoms with Crippen molar-refractivity contribution in [1.82, 2.24) is 40.2 Å². The van der Waals surface area contributed by atoms with Crippen molar-refractivity contribution in [2.45, 2.75) is 42.7 Å². The number of imidazole rings is 1. The lowest BCUT2D eigenvalue weighted by atomic mass is 10.2. The molecule has 4 heterocycles. The van der Waals surface area contributed by atoms with E-state index in [0.29, 0.717) is 30.9 Å². The Hall–Kier alpha value is -4.00. The van der Waals surface area contributed by atoms with Crippen LogP contribution in [0.25, 0.3) is 11.3 Å². The van der Waals surface area contributed by atoms with Crippen molar-refractivity contribution < 1.29 is 41.4 Å². The number of anilines is 1. The van der Waals surface area contributed by atoms with E-state index in [0.717, 1.165) is 17.0 Å². The molecule has 0 bridgehead atoms. The first-order valence-electron chi connectivity index (χ1n) is 15.0. The van der Waals surface area contributed by atoms with Crippen LogP contribution in [0.4, 0.5) is 32.4 Å². The number of rotatable bonds is 7. The second kappa shape index (κ2) is 12.4. The molecule has 20 heteroatoms. The van der Waals surface area contributed by atoms with Gasteiger partial charge in [0.05, 0.1) is 40.2 Å². The minimum absolute atomic E-state index is 0. The van der Waals surface area contributed by atoms with Crippen LogP contribution in [0.2, 0.25) is 5.02 Å². The van der Waals surface area contributed by atoms with Crippen LogP contribution in [0.1, 0.15) is 39.1 Å². The van der Waals surface area contributed by atoms with Gasteiger partial charge >= 0.3 is 12.2 Å². The molecule has 5 N–H and O–H groups in total. The number of urea groups is 1. The summed E-state index contributed by atoms with van der Waals surface area (Å²) in [6, 6.07) is 1.94. The van der Waals surface area contributed by atoms with Crippen molar-refractivity contribution in [3.05, 3.63) is 52.7 Å². The second-order valence-electron chi connectivity index (χ2n) is 12.5. The summed E-state index contributed by atoms with van der Waals surface area (Å²) < 4.78 is 70.0. The zero-order valence-electron chi connectivity index (χ0n) is 25.5. The molecule has 1 unspecified atom stereocenters. The predicted molar refractivity (Wildman–Crippen MR) is 166 cm³/mol. The van der Waals surface area contributed by atoms with E-state index >= 15 is 0 Å². The molecule has 4 aliphatic rings. The molecule has 0 spiro atoms. The summed E-state index contributed by atoms with van der Waals surface area (Å²) in [5, 5.41) is 24.6. The molecule has 0 radical (unpaired) electrons. The van der Waals surface area contributed by atoms with Crippen LogP contribution in [-0.2, 0) is 13.2 Å². The Bertz CT molecular complexity index is 1810. The molecule has 4 amide bonds. The topological polar surface area (TPSA) is 158 Å². The van der Waals surface area contributed by atoms with Crippen molar-refractivity contribution in [2.75, 3.05) is 31.5 Å². The summed E-state index contributed by atoms with van der Waals surface area (Å²) in [7, 11) is 1.30. The number of nitrogens with zero attached hydrogens (tertiary/aromatic N) is 5. The molecule has 49 heavy (non-hydrogen) atoms. The van der Waals surface area contributed by atoms with Gasteiger partial charge in [0.1, 0.15) is 6.04 Å². The Kier molecular flexibility index (Phi) is 8.82. The summed E-state index contributed by atoms with van der Waals surface area (Å²) in [5.41, 5.74) is -1.72. The SMILES string of the molecule is Cl.Cn1c(-c2cn([C@@H]3CC3(F)F)nc2C(F)(F)F)cnc1C(=O)Nc1ccc(C(=O)NC2[C@H]3CN(C(=O)N[C@@H]4CNC[C@H]4O)C[C@@H]23)c(Cl)c1. The number of aliphatic hydroxyl groups is 1. The van der Waals surface area contributed by atoms with E-state index in [9.17, 15) is 41.4 Å². The quantitative estimate of drug-likeness (QED) is 0.234. The van der Waals surface area contributed by atoms with Gasteiger partial charge in [-0.3, -0.25) is 14.3 Å². The first-order chi connectivity index (χ1) is 22.6. The molecule has 3 aromatic rings. The van der Waals surface area contributed by atoms with Crippen molar-refractivity contribution in [3.8, 4) is 11.3 Å². The summed E-state index contributed by atoms with van der Waals surface area (Å²) in [5.74, 6) is -4.50. The Labute approximate surface area is 285 Å². The number of hydrogen-bond acceptors (Lipinski definition) is 7. The third-order valence-corrected chi connectivity index (χ3v) is 9.63. The van der Waals surface area contributed by atoms with Gasteiger partial charge in [0, 0.05) is 69.4 Å². The number of alkyl halides is 5. The molecule has 2 aliphatic heterocycles. The Morgan fingerprint density at radius 1 is 1.10 bits per heavy atom. The standard InChI is InChI=1S/C29H29ClF5N9O4.ClH/c1-42-19(16-11-44(21-5-28(21,31)32)41-23(16)29(33,34)35)7-37-24(42)26(47)38-12-2-3-13(17(30)4-12)25(46)40-22-14-9-43(10-15(14)22)27(48)39-18-6-36-8-20(18)45;/h2-4,7,11,14-15,18,20-22,36,45H,5-6,8-10H2,1H3,(H,38,47)(H,39,48)(H,40,46);1H/t14-,15+,18-,20-,21-,22?;/m1./s1. The van der Waals surface area contributed by atoms with Crippen LogP contribution in [0.3, 0.4) is 0 Å². The number of aliphatic hydroxyl groups excluding tert-OH is 1. The first kappa shape index (κ1) is 34.8. The Morgan fingerprint density at radius 3 is 2.39 bits per heavy atom. The minimum Gasteiger partial charge on any atom is -0.390 e. The first-order valence-corrected chi connectivity index (χ1v) is 15.4. The number of benzene rings is 1. The minimum atomic E-state index is -4.95. The van der Waals surface area contributed by atoms with E-state index in [1.165, 1.54) is 25.2 Å². The summed E-state index contributed by atoms with van der Waals surface area (Å²) in [6.45, 7) is 1.83. The fourth-order valence-electron chi connectivity index (χ4n) is 6.47. The Morgan fingerprint density at radius 2 is 1.80 bits per heavy atom. The van der Waals surface area contributed by atoms with E-state index < -0.39 is 53.7 Å². The lowest BCUT2D eigenvalue weighted by Gasteiger charge is -2.24. The highest BCUT2D eigenvalue weighted by molar-refractivity contribution is 6.34. The van der Waals surface area contributed by atoms with Gasteiger partial charge in [-0.15, -0.1) is 12.4 Å². The Balaban J connectivity index is 0.00000417. The van der Waals surface area contributed by atoms with Gasteiger partial charge in [-0.05, 0) is 18.2 Å². The van der Waals surface area contributed by atoms with Crippen LogP contribution < -0.4 is 21.3 Å². The number of likely N-dealkylation sites (tertiary alicyclic amines) is 1. The number of carbonyl (C=O) groups is 3. The number of aromatic nitrogens is 4. The molecule has 2 aliphatic carbocycles. The maximum atomic E-state index is 13.7. The highest BCUT2D eigenvalue weighted by Crippen LogP contribution is 2.53. The molecule has 2 saturated carbocycles. The molecular weight excluding hydrogens is 704 g/mol. The van der Waals surface area contributed by atoms with Crippen LogP contribution in [0, 0.1) is 11.8 Å². The van der Waals surface area contributed by atoms with Gasteiger partial charge in [0.15, 0.2) is 11.5 Å². The number of nitrogens with one attached hydrogen (secondary N) is 4. The molecular formula is C29H30Cl2F5N9O4. The molecule has 2 aromatic heterocycles. The maximum absolute atomic E-state index is 13.7. The van der Waals surface area contributed by atoms with Gasteiger partial charge in [-0.2, -0.15) is 18.3 Å². The van der Waals surface area contributed by atoms with Gasteiger partial charge in [0.25, 0.3) is 17.7 Å². The van der Waals surface area contributed by atoms with E-state index in [2.05, 4.69) is 31.3 Å². The van der Waals surface area contributed by atoms with Gasteiger partial charge < -0.3 is 35.8 Å². The fraction of sp³-hybridized carbons (Fsp3) is 0.483. The van der Waals surface area contributed by atoms with Crippen molar-refractivity contribution in [2.24, 2.45) is 18.9 Å². The van der Waals surface area contributed by atoms with Gasteiger partial charge in [-0.1, -0.05) is 11.6 Å². The highest BCUT2D eigenvalue weighted by Gasteiger charge is 2.60. The lowest BCUT2D eigenvalue weighted by molar-refractivity contribution is -0.141. The predicted octanol–water partition coefficient (Wildman–Crippen LogP) is 2.91. The third-order valence-electron chi connectivity index (χ3n) is 9.32. The fourth-order valence-corrected chi connectivity index (χ4v) is 6.73. The number of piperidine rings is 1. The average Bonchev–Trinajstić information content (AvgIpc) is 3.46. The van der Waals surface area contributed by atoms with Crippen LogP contribution in [0.5, 0.6) is 0 Å². The van der Waals surface area contributed by atoms with Crippen LogP contribution in [0.15, 0.2) is 30.6 Å². The molecule has 2 saturated heterocycles. The van der Waals surface area contributed by atoms with Gasteiger partial charge in [0.2, 0.25) is 0 Å². The summed E-state index contributed by atoms with van der Waals surface area (Å²) >= 11 is 6.38. The molecule has 1 aromatic carbocycles. The average molecular weight is 735 g/mol. The summed E-state index contributed by atoms with van der Waals surface area (Å²) in [4.78, 5) is 44.2. The number of halogens is 7. The van der Waals surface area contributed by atoms with Crippen molar-refractivity contribution in [3.63, 3.8) is 0 Å². The zero-order valence-corrected chi connectivity index (χ0v) is 27.0. The van der Waals surface area contributed by atoms with Crippen LogP contribution >= 0.6 is 24.0 Å². The molecule has 13 nitrogen and oxygen atoms in total. The molecule has 7 rings (SSSR count). The van der Waals surface area contributed by atoms with Crippen LogP contribution in [-0.4, -0.2) is 97.5 Å². The maximum Gasteiger partial charge on any atom is 0.435 e. The smallest absolute Gasteiger partial charge is 0.390 e. The van der Waals surface area contributed by atoms with E-state index in [-0.39, 0.29) is 70.1 Å². The normalized spacial score (nSPS) is 26.5.